The van der Waals surface area contributed by atoms with Gasteiger partial charge < -0.3 is 5.32 Å². The molecule has 0 bridgehead atoms. The van der Waals surface area contributed by atoms with Crippen molar-refractivity contribution in [2.24, 2.45) is 0 Å². The summed E-state index contributed by atoms with van der Waals surface area (Å²) in [6.07, 6.45) is 2.02. The number of benzene rings is 2. The molecule has 3 aromatic rings. The summed E-state index contributed by atoms with van der Waals surface area (Å²) >= 11 is 1.61. The number of nitrogens with one attached hydrogen (secondary N) is 1. The quantitative estimate of drug-likeness (QED) is 0.563. The van der Waals surface area contributed by atoms with Crippen molar-refractivity contribution in [2.45, 2.75) is 5.03 Å². The molecule has 0 aliphatic rings. The summed E-state index contributed by atoms with van der Waals surface area (Å²) in [6.45, 7) is 0. The van der Waals surface area contributed by atoms with E-state index in [0.29, 0.717) is 5.95 Å². The van der Waals surface area contributed by atoms with Gasteiger partial charge in [0.2, 0.25) is 5.95 Å². The lowest BCUT2D eigenvalue weighted by molar-refractivity contribution is 1.06. The monoisotopic (exact) mass is 293 g/mol. The van der Waals surface area contributed by atoms with E-state index in [0.717, 1.165) is 22.0 Å². The van der Waals surface area contributed by atoms with Crippen LogP contribution in [0.15, 0.2) is 71.8 Å². The predicted octanol–water partition coefficient (Wildman–Crippen LogP) is 4.61. The Balaban J connectivity index is 1.98. The summed E-state index contributed by atoms with van der Waals surface area (Å²) in [6, 6.07) is 22.1. The Morgan fingerprint density at radius 3 is 2.19 bits per heavy atom. The standard InChI is InChI=1S/C17H15N3S/c1-21-16-12-15(13-8-4-2-5-9-13)19-17(20-16)18-14-10-6-3-7-11-14/h2-12H,1H3,(H,18,19,20). The van der Waals surface area contributed by atoms with Crippen LogP contribution in [0.3, 0.4) is 0 Å². The van der Waals surface area contributed by atoms with Crippen molar-refractivity contribution < 1.29 is 0 Å². The van der Waals surface area contributed by atoms with Crippen LogP contribution in [0.1, 0.15) is 0 Å². The molecule has 2 aromatic carbocycles. The van der Waals surface area contributed by atoms with E-state index in [2.05, 4.69) is 27.4 Å². The maximum absolute atomic E-state index is 4.61. The van der Waals surface area contributed by atoms with Crippen molar-refractivity contribution in [3.05, 3.63) is 66.7 Å². The fourth-order valence-corrected chi connectivity index (χ4v) is 2.40. The van der Waals surface area contributed by atoms with Gasteiger partial charge in [-0.1, -0.05) is 48.5 Å². The lowest BCUT2D eigenvalue weighted by Gasteiger charge is -2.09. The van der Waals surface area contributed by atoms with E-state index in [1.165, 1.54) is 0 Å². The molecule has 1 aromatic heterocycles. The molecule has 0 unspecified atom stereocenters. The highest BCUT2D eigenvalue weighted by Crippen LogP contribution is 2.24. The van der Waals surface area contributed by atoms with E-state index in [9.17, 15) is 0 Å². The maximum atomic E-state index is 4.61. The first-order chi connectivity index (χ1) is 10.3. The Morgan fingerprint density at radius 1 is 0.857 bits per heavy atom. The van der Waals surface area contributed by atoms with Crippen molar-refractivity contribution in [1.29, 1.82) is 0 Å². The Kier molecular flexibility index (Phi) is 4.17. The molecule has 1 heterocycles. The number of anilines is 2. The van der Waals surface area contributed by atoms with Crippen LogP contribution in [0, 0.1) is 0 Å². The number of hydrogen-bond donors (Lipinski definition) is 1. The molecule has 0 spiro atoms. The minimum absolute atomic E-state index is 0.618. The van der Waals surface area contributed by atoms with Crippen LogP contribution in [-0.2, 0) is 0 Å². The molecule has 21 heavy (non-hydrogen) atoms. The van der Waals surface area contributed by atoms with Gasteiger partial charge in [0.1, 0.15) is 5.03 Å². The summed E-state index contributed by atoms with van der Waals surface area (Å²) in [7, 11) is 0. The molecule has 3 nitrogen and oxygen atoms in total. The summed E-state index contributed by atoms with van der Waals surface area (Å²) in [5, 5.41) is 4.20. The zero-order chi connectivity index (χ0) is 14.5. The Labute approximate surface area is 128 Å². The van der Waals surface area contributed by atoms with Gasteiger partial charge >= 0.3 is 0 Å². The zero-order valence-corrected chi connectivity index (χ0v) is 12.5. The van der Waals surface area contributed by atoms with Crippen LogP contribution < -0.4 is 5.32 Å². The second-order valence-electron chi connectivity index (χ2n) is 4.48. The minimum Gasteiger partial charge on any atom is -0.324 e. The molecular formula is C17H15N3S. The normalized spacial score (nSPS) is 10.3. The van der Waals surface area contributed by atoms with Gasteiger partial charge in [-0.15, -0.1) is 11.8 Å². The first kappa shape index (κ1) is 13.6. The van der Waals surface area contributed by atoms with E-state index in [1.54, 1.807) is 11.8 Å². The third-order valence-corrected chi connectivity index (χ3v) is 3.64. The van der Waals surface area contributed by atoms with Crippen molar-refractivity contribution >= 4 is 23.4 Å². The molecular weight excluding hydrogens is 278 g/mol. The summed E-state index contributed by atoms with van der Waals surface area (Å²) in [4.78, 5) is 9.12. The van der Waals surface area contributed by atoms with Crippen LogP contribution >= 0.6 is 11.8 Å². The Morgan fingerprint density at radius 2 is 1.52 bits per heavy atom. The molecule has 0 radical (unpaired) electrons. The molecule has 0 fully saturated rings. The third kappa shape index (κ3) is 3.41. The molecule has 0 atom stereocenters. The molecule has 3 rings (SSSR count). The van der Waals surface area contributed by atoms with Crippen molar-refractivity contribution in [1.82, 2.24) is 9.97 Å². The summed E-state index contributed by atoms with van der Waals surface area (Å²) < 4.78 is 0. The van der Waals surface area contributed by atoms with Crippen LogP contribution in [0.25, 0.3) is 11.3 Å². The highest BCUT2D eigenvalue weighted by molar-refractivity contribution is 7.98. The van der Waals surface area contributed by atoms with Crippen molar-refractivity contribution in [2.75, 3.05) is 11.6 Å². The second-order valence-corrected chi connectivity index (χ2v) is 5.30. The number of rotatable bonds is 4. The highest BCUT2D eigenvalue weighted by Gasteiger charge is 2.06. The maximum Gasteiger partial charge on any atom is 0.228 e. The molecule has 4 heteroatoms. The third-order valence-electron chi connectivity index (χ3n) is 3.01. The average molecular weight is 293 g/mol. The lowest BCUT2D eigenvalue weighted by atomic mass is 10.1. The van der Waals surface area contributed by atoms with Gasteiger partial charge in [0, 0.05) is 11.3 Å². The number of para-hydroxylation sites is 1. The van der Waals surface area contributed by atoms with E-state index in [1.807, 2.05) is 60.9 Å². The summed E-state index contributed by atoms with van der Waals surface area (Å²) in [5.41, 5.74) is 2.99. The molecule has 0 aliphatic carbocycles. The van der Waals surface area contributed by atoms with Gasteiger partial charge in [-0.05, 0) is 24.5 Å². The van der Waals surface area contributed by atoms with Gasteiger partial charge in [-0.25, -0.2) is 9.97 Å². The van der Waals surface area contributed by atoms with Crippen LogP contribution in [0.5, 0.6) is 0 Å². The molecule has 0 saturated heterocycles. The Hall–Kier alpha value is -2.33. The SMILES string of the molecule is CSc1cc(-c2ccccc2)nc(Nc2ccccc2)n1. The van der Waals surface area contributed by atoms with Gasteiger partial charge in [-0.2, -0.15) is 0 Å². The fraction of sp³-hybridized carbons (Fsp3) is 0.0588. The number of hydrogen-bond acceptors (Lipinski definition) is 4. The minimum atomic E-state index is 0.618. The average Bonchev–Trinajstić information content (AvgIpc) is 2.56. The van der Waals surface area contributed by atoms with Crippen molar-refractivity contribution in [3.63, 3.8) is 0 Å². The topological polar surface area (TPSA) is 37.8 Å². The predicted molar refractivity (Wildman–Crippen MR) is 89.0 cm³/mol. The molecule has 1 N–H and O–H groups in total. The number of thioether (sulfide) groups is 1. The van der Waals surface area contributed by atoms with Gasteiger partial charge in [0.05, 0.1) is 5.69 Å². The van der Waals surface area contributed by atoms with Gasteiger partial charge in [-0.3, -0.25) is 0 Å². The van der Waals surface area contributed by atoms with Gasteiger partial charge in [0.15, 0.2) is 0 Å². The van der Waals surface area contributed by atoms with Crippen LogP contribution in [0.4, 0.5) is 11.6 Å². The van der Waals surface area contributed by atoms with Gasteiger partial charge in [0.25, 0.3) is 0 Å². The van der Waals surface area contributed by atoms with Crippen LogP contribution in [0.2, 0.25) is 0 Å². The fourth-order valence-electron chi connectivity index (χ4n) is 1.99. The van der Waals surface area contributed by atoms with E-state index in [4.69, 9.17) is 0 Å². The second kappa shape index (κ2) is 6.41. The molecule has 0 amide bonds. The highest BCUT2D eigenvalue weighted by atomic mass is 32.2. The first-order valence-electron chi connectivity index (χ1n) is 6.66. The summed E-state index contributed by atoms with van der Waals surface area (Å²) in [5.74, 6) is 0.618. The first-order valence-corrected chi connectivity index (χ1v) is 7.88. The molecule has 0 saturated carbocycles. The smallest absolute Gasteiger partial charge is 0.228 e. The molecule has 104 valence electrons. The Bertz CT molecular complexity index is 715. The van der Waals surface area contributed by atoms with E-state index >= 15 is 0 Å². The number of nitrogens with zero attached hydrogens (tertiary/aromatic N) is 2. The van der Waals surface area contributed by atoms with E-state index in [-0.39, 0.29) is 0 Å². The largest absolute Gasteiger partial charge is 0.324 e. The zero-order valence-electron chi connectivity index (χ0n) is 11.7. The lowest BCUT2D eigenvalue weighted by Crippen LogP contribution is -1.99. The van der Waals surface area contributed by atoms with Crippen molar-refractivity contribution in [3.8, 4) is 11.3 Å². The van der Waals surface area contributed by atoms with E-state index < -0.39 is 0 Å². The number of aromatic nitrogens is 2. The molecule has 0 aliphatic heterocycles. The van der Waals surface area contributed by atoms with Crippen LogP contribution in [-0.4, -0.2) is 16.2 Å².